The lowest BCUT2D eigenvalue weighted by Crippen LogP contribution is -2.08. The van der Waals surface area contributed by atoms with Gasteiger partial charge in [0, 0.05) is 5.57 Å². The van der Waals surface area contributed by atoms with Crippen molar-refractivity contribution in [3.05, 3.63) is 11.6 Å². The molecule has 2 nitrogen and oxygen atoms in total. The molecule has 0 aromatic heterocycles. The van der Waals surface area contributed by atoms with E-state index in [1.807, 2.05) is 0 Å². The molecule has 70 valence electrons. The van der Waals surface area contributed by atoms with E-state index in [1.54, 1.807) is 6.92 Å². The Morgan fingerprint density at radius 3 is 2.33 bits per heavy atom. The number of carbonyl (C=O) groups is 1. The number of halogens is 3. The zero-order valence-electron chi connectivity index (χ0n) is 6.73. The van der Waals surface area contributed by atoms with Gasteiger partial charge in [-0.25, -0.2) is 4.79 Å². The predicted molar refractivity (Wildman–Crippen MR) is 50.7 cm³/mol. The molecule has 12 heavy (non-hydrogen) atoms. The first-order valence-electron chi connectivity index (χ1n) is 3.30. The monoisotopic (exact) mass is 230 g/mol. The van der Waals surface area contributed by atoms with E-state index in [9.17, 15) is 4.79 Å². The number of hydrogen-bond acceptors (Lipinski definition) is 2. The van der Waals surface area contributed by atoms with Gasteiger partial charge in [0.1, 0.15) is 0 Å². The third-order valence-electron chi connectivity index (χ3n) is 0.978. The average molecular weight is 232 g/mol. The van der Waals surface area contributed by atoms with Crippen LogP contribution in [0.15, 0.2) is 11.6 Å². The average Bonchev–Trinajstić information content (AvgIpc) is 1.84. The van der Waals surface area contributed by atoms with Crippen LogP contribution in [0.25, 0.3) is 0 Å². The van der Waals surface area contributed by atoms with Crippen LogP contribution in [0.3, 0.4) is 0 Å². The molecule has 0 atom stereocenters. The standard InChI is InChI=1S/C7H9Cl3O2/c1-3-12-6(11)5(2)4-7(8,9)10/h4H,3H2,1-2H3/b5-4+. The minimum atomic E-state index is -1.54. The number of carbonyl (C=O) groups excluding carboxylic acids is 1. The Labute approximate surface area is 86.4 Å². The van der Waals surface area contributed by atoms with Crippen LogP contribution in [-0.2, 0) is 9.53 Å². The molecule has 0 aromatic rings. The van der Waals surface area contributed by atoms with Gasteiger partial charge in [-0.3, -0.25) is 0 Å². The van der Waals surface area contributed by atoms with E-state index < -0.39 is 9.76 Å². The van der Waals surface area contributed by atoms with Crippen LogP contribution in [0.4, 0.5) is 0 Å². The van der Waals surface area contributed by atoms with Crippen molar-refractivity contribution in [2.45, 2.75) is 17.6 Å². The summed E-state index contributed by atoms with van der Waals surface area (Å²) in [5.41, 5.74) is 0.289. The minimum absolute atomic E-state index is 0.289. The second kappa shape index (κ2) is 4.95. The number of allylic oxidation sites excluding steroid dienone is 1. The van der Waals surface area contributed by atoms with Gasteiger partial charge in [-0.05, 0) is 19.9 Å². The molecule has 0 unspecified atom stereocenters. The highest BCUT2D eigenvalue weighted by molar-refractivity contribution is 6.69. The Morgan fingerprint density at radius 2 is 2.00 bits per heavy atom. The quantitative estimate of drug-likeness (QED) is 0.415. The molecule has 0 N–H and O–H groups in total. The number of esters is 1. The van der Waals surface area contributed by atoms with Crippen molar-refractivity contribution in [3.8, 4) is 0 Å². The molecule has 0 aromatic carbocycles. The van der Waals surface area contributed by atoms with E-state index in [0.717, 1.165) is 0 Å². The molecule has 0 saturated heterocycles. The van der Waals surface area contributed by atoms with E-state index in [4.69, 9.17) is 34.8 Å². The summed E-state index contributed by atoms with van der Waals surface area (Å²) in [6.07, 6.45) is 1.22. The molecular formula is C7H9Cl3O2. The number of hydrogen-bond donors (Lipinski definition) is 0. The minimum Gasteiger partial charge on any atom is -0.463 e. The molecule has 0 fully saturated rings. The predicted octanol–water partition coefficient (Wildman–Crippen LogP) is 2.87. The van der Waals surface area contributed by atoms with Crippen molar-refractivity contribution in [2.24, 2.45) is 0 Å². The van der Waals surface area contributed by atoms with Gasteiger partial charge in [-0.1, -0.05) is 34.8 Å². The molecule has 0 saturated carbocycles. The normalized spacial score (nSPS) is 12.9. The maximum Gasteiger partial charge on any atom is 0.333 e. The Morgan fingerprint density at radius 1 is 1.50 bits per heavy atom. The zero-order valence-corrected chi connectivity index (χ0v) is 9.00. The van der Waals surface area contributed by atoms with Crippen LogP contribution in [0.5, 0.6) is 0 Å². The molecule has 0 rings (SSSR count). The highest BCUT2D eigenvalue weighted by atomic mass is 35.6. The van der Waals surface area contributed by atoms with Gasteiger partial charge in [0.25, 0.3) is 0 Å². The fourth-order valence-corrected chi connectivity index (χ4v) is 1.04. The summed E-state index contributed by atoms with van der Waals surface area (Å²) in [5.74, 6) is -0.469. The molecule has 0 radical (unpaired) electrons. The van der Waals surface area contributed by atoms with Crippen molar-refractivity contribution in [1.29, 1.82) is 0 Å². The van der Waals surface area contributed by atoms with Crippen LogP contribution in [-0.4, -0.2) is 16.4 Å². The lowest BCUT2D eigenvalue weighted by Gasteiger charge is -2.06. The molecule has 0 aliphatic rings. The van der Waals surface area contributed by atoms with Crippen molar-refractivity contribution in [2.75, 3.05) is 6.61 Å². The van der Waals surface area contributed by atoms with Gasteiger partial charge in [0.2, 0.25) is 3.79 Å². The molecule has 5 heteroatoms. The van der Waals surface area contributed by atoms with Gasteiger partial charge in [-0.15, -0.1) is 0 Å². The van der Waals surface area contributed by atoms with Crippen LogP contribution in [0.2, 0.25) is 0 Å². The molecule has 0 aliphatic carbocycles. The lowest BCUT2D eigenvalue weighted by atomic mass is 10.3. The summed E-state index contributed by atoms with van der Waals surface area (Å²) in [6.45, 7) is 3.55. The third-order valence-corrected chi connectivity index (χ3v) is 1.30. The van der Waals surface area contributed by atoms with Crippen molar-refractivity contribution < 1.29 is 9.53 Å². The molecule has 0 heterocycles. The molecule has 0 amide bonds. The van der Waals surface area contributed by atoms with Gasteiger partial charge in [0.05, 0.1) is 6.61 Å². The summed E-state index contributed by atoms with van der Waals surface area (Å²) >= 11 is 16.3. The first kappa shape index (κ1) is 12.1. The first-order chi connectivity index (χ1) is 5.37. The molecule has 0 aliphatic heterocycles. The van der Waals surface area contributed by atoms with E-state index in [-0.39, 0.29) is 5.57 Å². The topological polar surface area (TPSA) is 26.3 Å². The second-order valence-electron chi connectivity index (χ2n) is 2.09. The SMILES string of the molecule is CCOC(=O)/C(C)=C/C(Cl)(Cl)Cl. The number of rotatable bonds is 2. The van der Waals surface area contributed by atoms with Crippen LogP contribution in [0, 0.1) is 0 Å². The summed E-state index contributed by atoms with van der Waals surface area (Å²) in [5, 5.41) is 0. The zero-order chi connectivity index (χ0) is 9.78. The van der Waals surface area contributed by atoms with E-state index >= 15 is 0 Å². The Balaban J connectivity index is 4.28. The Bertz CT molecular complexity index is 193. The summed E-state index contributed by atoms with van der Waals surface area (Å²) < 4.78 is 3.12. The molecule has 0 spiro atoms. The second-order valence-corrected chi connectivity index (χ2v) is 4.46. The van der Waals surface area contributed by atoms with Gasteiger partial charge in [0.15, 0.2) is 0 Å². The first-order valence-corrected chi connectivity index (χ1v) is 4.43. The Kier molecular flexibility index (Phi) is 4.98. The third kappa shape index (κ3) is 5.70. The van der Waals surface area contributed by atoms with Gasteiger partial charge in [-0.2, -0.15) is 0 Å². The fraction of sp³-hybridized carbons (Fsp3) is 0.571. The highest BCUT2D eigenvalue weighted by Gasteiger charge is 2.18. The maximum atomic E-state index is 11.0. The highest BCUT2D eigenvalue weighted by Crippen LogP contribution is 2.28. The van der Waals surface area contributed by atoms with Crippen LogP contribution in [0.1, 0.15) is 13.8 Å². The summed E-state index contributed by atoms with van der Waals surface area (Å²) in [6, 6.07) is 0. The van der Waals surface area contributed by atoms with E-state index in [1.165, 1.54) is 13.0 Å². The fourth-order valence-electron chi connectivity index (χ4n) is 0.549. The number of ether oxygens (including phenoxy) is 1. The van der Waals surface area contributed by atoms with Crippen molar-refractivity contribution >= 4 is 40.8 Å². The van der Waals surface area contributed by atoms with Crippen LogP contribution < -0.4 is 0 Å². The number of alkyl halides is 3. The summed E-state index contributed by atoms with van der Waals surface area (Å²) in [4.78, 5) is 11.0. The van der Waals surface area contributed by atoms with Gasteiger partial charge < -0.3 is 4.74 Å². The summed E-state index contributed by atoms with van der Waals surface area (Å²) in [7, 11) is 0. The maximum absolute atomic E-state index is 11.0. The largest absolute Gasteiger partial charge is 0.463 e. The van der Waals surface area contributed by atoms with Gasteiger partial charge >= 0.3 is 5.97 Å². The van der Waals surface area contributed by atoms with Crippen molar-refractivity contribution in [1.82, 2.24) is 0 Å². The smallest absolute Gasteiger partial charge is 0.333 e. The van der Waals surface area contributed by atoms with E-state index in [2.05, 4.69) is 4.74 Å². The van der Waals surface area contributed by atoms with Crippen LogP contribution >= 0.6 is 34.8 Å². The van der Waals surface area contributed by atoms with Crippen molar-refractivity contribution in [3.63, 3.8) is 0 Å². The van der Waals surface area contributed by atoms with E-state index in [0.29, 0.717) is 6.61 Å². The lowest BCUT2D eigenvalue weighted by molar-refractivity contribution is -0.138. The molecule has 0 bridgehead atoms. The Hall–Kier alpha value is 0.0800. The molecular weight excluding hydrogens is 222 g/mol.